The van der Waals surface area contributed by atoms with Gasteiger partial charge in [-0.25, -0.2) is 9.97 Å². The molecule has 0 bridgehead atoms. The molecule has 0 amide bonds. The van der Waals surface area contributed by atoms with Gasteiger partial charge in [0.05, 0.1) is 20.8 Å². The molecule has 3 heterocycles. The lowest BCUT2D eigenvalue weighted by Crippen LogP contribution is -2.48. The highest BCUT2D eigenvalue weighted by Crippen LogP contribution is 2.38. The summed E-state index contributed by atoms with van der Waals surface area (Å²) in [6, 6.07) is 9.70. The van der Waals surface area contributed by atoms with E-state index in [1.54, 1.807) is 14.0 Å². The van der Waals surface area contributed by atoms with Gasteiger partial charge in [-0.2, -0.15) is 5.10 Å². The molecule has 0 radical (unpaired) electrons. The fourth-order valence-corrected chi connectivity index (χ4v) is 4.74. The van der Waals surface area contributed by atoms with E-state index in [9.17, 15) is 9.59 Å². The Balaban J connectivity index is 1.61. The molecule has 12 heteroatoms. The summed E-state index contributed by atoms with van der Waals surface area (Å²) in [5.74, 6) is 2.19. The molecule has 1 fully saturated rings. The van der Waals surface area contributed by atoms with Crippen LogP contribution in [-0.2, 0) is 20.7 Å². The van der Waals surface area contributed by atoms with Crippen LogP contribution in [0.4, 0.5) is 17.5 Å². The second-order valence-electron chi connectivity index (χ2n) is 8.74. The van der Waals surface area contributed by atoms with Gasteiger partial charge in [0.25, 0.3) is 0 Å². The smallest absolute Gasteiger partial charge is 0.319 e. The highest BCUT2D eigenvalue weighted by atomic mass is 32.2. The van der Waals surface area contributed by atoms with Crippen molar-refractivity contribution in [3.63, 3.8) is 0 Å². The van der Waals surface area contributed by atoms with Crippen LogP contribution in [0.25, 0.3) is 0 Å². The van der Waals surface area contributed by atoms with Crippen LogP contribution in [0.5, 0.6) is 5.75 Å². The maximum Gasteiger partial charge on any atom is 0.319 e. The molecule has 2 N–H and O–H groups in total. The van der Waals surface area contributed by atoms with E-state index in [0.717, 1.165) is 16.2 Å². The number of hydrogen-bond acceptors (Lipinski definition) is 11. The number of Topliss-reactive ketones (excluding diaryl/α,β-unsaturated/α-hetero) is 1. The number of aromatic amines is 1. The Morgan fingerprint density at radius 1 is 1.11 bits per heavy atom. The number of aryl methyl sites for hydroxylation is 1. The minimum absolute atomic E-state index is 0.125. The van der Waals surface area contributed by atoms with Crippen LogP contribution < -0.4 is 15.0 Å². The normalized spacial score (nSPS) is 13.9. The number of ether oxygens (including phenoxy) is 2. The lowest BCUT2D eigenvalue weighted by atomic mass is 10.1. The average Bonchev–Trinajstić information content (AvgIpc) is 3.29. The van der Waals surface area contributed by atoms with Crippen LogP contribution in [0.15, 0.2) is 40.4 Å². The van der Waals surface area contributed by atoms with Crippen molar-refractivity contribution in [3.8, 4) is 5.75 Å². The van der Waals surface area contributed by atoms with Crippen LogP contribution in [0.3, 0.4) is 0 Å². The SMILES string of the molecule is COC(=O)CN1CCN(c2nc(Sc3ccc(CC(C)=O)cc3)nc(Nc3cc(C)[nH]n3)c2OC)CC1. The Labute approximate surface area is 219 Å². The summed E-state index contributed by atoms with van der Waals surface area (Å²) in [5, 5.41) is 11.0. The lowest BCUT2D eigenvalue weighted by molar-refractivity contribution is -0.142. The predicted octanol–water partition coefficient (Wildman–Crippen LogP) is 2.84. The summed E-state index contributed by atoms with van der Waals surface area (Å²) in [6.45, 7) is 6.46. The van der Waals surface area contributed by atoms with E-state index in [1.165, 1.54) is 18.9 Å². The van der Waals surface area contributed by atoms with Gasteiger partial charge in [0.1, 0.15) is 5.78 Å². The molecule has 4 rings (SSSR count). The van der Waals surface area contributed by atoms with E-state index in [2.05, 4.69) is 25.3 Å². The second-order valence-corrected chi connectivity index (χ2v) is 9.78. The fourth-order valence-electron chi connectivity index (χ4n) is 3.99. The Bertz CT molecular complexity index is 1240. The molecule has 37 heavy (non-hydrogen) atoms. The number of aromatic nitrogens is 4. The molecule has 1 aliphatic heterocycles. The standard InChI is InChI=1S/C25H31N7O4S/c1-16-13-20(30-29-16)26-23-22(36-4)24(32-11-9-31(10-12-32)15-21(34)35-3)28-25(27-23)37-19-7-5-18(6-8-19)14-17(2)33/h5-8,13H,9-12,14-15H2,1-4H3,(H2,26,27,28,29,30). The van der Waals surface area contributed by atoms with Crippen LogP contribution in [0.2, 0.25) is 0 Å². The number of nitrogens with one attached hydrogen (secondary N) is 2. The largest absolute Gasteiger partial charge is 0.490 e. The van der Waals surface area contributed by atoms with Gasteiger partial charge in [-0.1, -0.05) is 12.1 Å². The van der Waals surface area contributed by atoms with Crippen molar-refractivity contribution in [1.82, 2.24) is 25.1 Å². The third-order valence-corrected chi connectivity index (χ3v) is 6.69. The number of anilines is 3. The van der Waals surface area contributed by atoms with E-state index < -0.39 is 0 Å². The van der Waals surface area contributed by atoms with Crippen molar-refractivity contribution in [2.75, 3.05) is 57.2 Å². The first-order valence-electron chi connectivity index (χ1n) is 11.9. The van der Waals surface area contributed by atoms with Crippen molar-refractivity contribution in [2.45, 2.75) is 30.3 Å². The van der Waals surface area contributed by atoms with Crippen LogP contribution in [0, 0.1) is 6.92 Å². The molecular formula is C25H31N7O4S. The molecule has 1 saturated heterocycles. The van der Waals surface area contributed by atoms with Gasteiger partial charge in [-0.3, -0.25) is 19.6 Å². The zero-order chi connectivity index (χ0) is 26.4. The summed E-state index contributed by atoms with van der Waals surface area (Å²) in [4.78, 5) is 37.9. The third-order valence-electron chi connectivity index (χ3n) is 5.82. The van der Waals surface area contributed by atoms with Crippen LogP contribution in [-0.4, -0.2) is 83.8 Å². The van der Waals surface area contributed by atoms with Crippen molar-refractivity contribution >= 4 is 41.0 Å². The summed E-state index contributed by atoms with van der Waals surface area (Å²) >= 11 is 1.43. The quantitative estimate of drug-likeness (QED) is 0.300. The summed E-state index contributed by atoms with van der Waals surface area (Å²) in [6.07, 6.45) is 0.410. The number of piperazine rings is 1. The Morgan fingerprint density at radius 3 is 2.43 bits per heavy atom. The number of nitrogens with zero attached hydrogens (tertiary/aromatic N) is 5. The number of rotatable bonds is 10. The molecule has 0 unspecified atom stereocenters. The van der Waals surface area contributed by atoms with Crippen molar-refractivity contribution in [3.05, 3.63) is 41.6 Å². The van der Waals surface area contributed by atoms with Gasteiger partial charge in [0.15, 0.2) is 22.6 Å². The van der Waals surface area contributed by atoms with E-state index in [0.29, 0.717) is 61.0 Å². The molecule has 0 saturated carbocycles. The topological polar surface area (TPSA) is 126 Å². The molecule has 0 atom stereocenters. The molecule has 3 aromatic rings. The third kappa shape index (κ3) is 6.98. The first-order valence-corrected chi connectivity index (χ1v) is 12.7. The van der Waals surface area contributed by atoms with E-state index >= 15 is 0 Å². The lowest BCUT2D eigenvalue weighted by Gasteiger charge is -2.35. The second kappa shape index (κ2) is 12.1. The first-order chi connectivity index (χ1) is 17.8. The van der Waals surface area contributed by atoms with Gasteiger partial charge in [0.2, 0.25) is 5.75 Å². The van der Waals surface area contributed by atoms with E-state index in [1.807, 2.05) is 37.3 Å². The predicted molar refractivity (Wildman–Crippen MR) is 141 cm³/mol. The summed E-state index contributed by atoms with van der Waals surface area (Å²) < 4.78 is 10.6. The minimum atomic E-state index is -0.248. The molecule has 196 valence electrons. The molecule has 1 aliphatic rings. The number of ketones is 1. The number of benzene rings is 1. The number of methoxy groups -OCH3 is 2. The highest BCUT2D eigenvalue weighted by Gasteiger charge is 2.26. The van der Waals surface area contributed by atoms with Crippen LogP contribution >= 0.6 is 11.8 Å². The first kappa shape index (κ1) is 26.4. The van der Waals surface area contributed by atoms with E-state index in [4.69, 9.17) is 19.4 Å². The molecular weight excluding hydrogens is 494 g/mol. The molecule has 2 aromatic heterocycles. The number of H-pyrrole nitrogens is 1. The Morgan fingerprint density at radius 2 is 1.84 bits per heavy atom. The minimum Gasteiger partial charge on any atom is -0.490 e. The number of hydrogen-bond donors (Lipinski definition) is 2. The molecule has 0 spiro atoms. The number of carbonyl (C=O) groups is 2. The number of carbonyl (C=O) groups excluding carboxylic acids is 2. The van der Waals surface area contributed by atoms with Gasteiger partial charge < -0.3 is 19.7 Å². The molecule has 1 aromatic carbocycles. The van der Waals surface area contributed by atoms with Gasteiger partial charge in [-0.15, -0.1) is 0 Å². The summed E-state index contributed by atoms with van der Waals surface area (Å²) in [7, 11) is 2.99. The summed E-state index contributed by atoms with van der Waals surface area (Å²) in [5.41, 5.74) is 1.88. The maximum atomic E-state index is 11.7. The monoisotopic (exact) mass is 525 g/mol. The Hall–Kier alpha value is -3.64. The molecule has 0 aliphatic carbocycles. The maximum absolute atomic E-state index is 11.7. The zero-order valence-corrected chi connectivity index (χ0v) is 22.2. The fraction of sp³-hybridized carbons (Fsp3) is 0.400. The van der Waals surface area contributed by atoms with Crippen molar-refractivity contribution in [1.29, 1.82) is 0 Å². The van der Waals surface area contributed by atoms with Gasteiger partial charge in [-0.05, 0) is 43.3 Å². The van der Waals surface area contributed by atoms with E-state index in [-0.39, 0.29) is 18.3 Å². The van der Waals surface area contributed by atoms with Gasteiger partial charge in [0, 0.05) is 49.3 Å². The zero-order valence-electron chi connectivity index (χ0n) is 21.4. The average molecular weight is 526 g/mol. The molecule has 11 nitrogen and oxygen atoms in total. The van der Waals surface area contributed by atoms with Gasteiger partial charge >= 0.3 is 5.97 Å². The number of esters is 1. The van der Waals surface area contributed by atoms with Crippen molar-refractivity contribution in [2.24, 2.45) is 0 Å². The highest BCUT2D eigenvalue weighted by molar-refractivity contribution is 7.99. The van der Waals surface area contributed by atoms with Crippen molar-refractivity contribution < 1.29 is 19.1 Å². The Kier molecular flexibility index (Phi) is 8.62. The van der Waals surface area contributed by atoms with Crippen LogP contribution in [0.1, 0.15) is 18.2 Å².